The van der Waals surface area contributed by atoms with Gasteiger partial charge in [0.25, 0.3) is 0 Å². The summed E-state index contributed by atoms with van der Waals surface area (Å²) in [6, 6.07) is 77.7. The fourth-order valence-corrected chi connectivity index (χ4v) is 9.72. The van der Waals surface area contributed by atoms with Crippen molar-refractivity contribution in [1.29, 1.82) is 0 Å². The summed E-state index contributed by atoms with van der Waals surface area (Å²) in [5.41, 5.74) is 10.8. The molecule has 10 aromatic carbocycles. The zero-order chi connectivity index (χ0) is 37.0. The molecule has 1 heterocycles. The van der Waals surface area contributed by atoms with Crippen molar-refractivity contribution in [3.8, 4) is 33.4 Å². The number of anilines is 3. The maximum Gasteiger partial charge on any atom is 0.0554 e. The molecule has 2 heteroatoms. The lowest BCUT2D eigenvalue weighted by Crippen LogP contribution is -2.10. The molecule has 262 valence electrons. The van der Waals surface area contributed by atoms with E-state index >= 15 is 0 Å². The molecule has 1 nitrogen and oxygen atoms in total. The van der Waals surface area contributed by atoms with Crippen molar-refractivity contribution >= 4 is 80.9 Å². The van der Waals surface area contributed by atoms with Gasteiger partial charge in [-0.3, -0.25) is 0 Å². The van der Waals surface area contributed by atoms with Gasteiger partial charge in [-0.25, -0.2) is 0 Å². The van der Waals surface area contributed by atoms with E-state index in [0.717, 1.165) is 11.4 Å². The lowest BCUT2D eigenvalue weighted by molar-refractivity contribution is 1.30. The molecule has 0 saturated heterocycles. The molecule has 0 aliphatic rings. The molecule has 0 amide bonds. The van der Waals surface area contributed by atoms with Crippen LogP contribution in [0, 0.1) is 0 Å². The normalized spacial score (nSPS) is 11.6. The van der Waals surface area contributed by atoms with Gasteiger partial charge in [-0.05, 0) is 120 Å². The van der Waals surface area contributed by atoms with Gasteiger partial charge in [0.2, 0.25) is 0 Å². The van der Waals surface area contributed by atoms with E-state index in [0.29, 0.717) is 0 Å². The van der Waals surface area contributed by atoms with Gasteiger partial charge in [0.1, 0.15) is 0 Å². The Balaban J connectivity index is 1.03. The second kappa shape index (κ2) is 13.4. The first-order chi connectivity index (χ1) is 27.8. The second-order valence-electron chi connectivity index (χ2n) is 14.5. The van der Waals surface area contributed by atoms with Crippen molar-refractivity contribution in [2.24, 2.45) is 0 Å². The highest BCUT2D eigenvalue weighted by Gasteiger charge is 2.19. The number of thiophene rings is 1. The number of benzene rings is 10. The monoisotopic (exact) mass is 729 g/mol. The van der Waals surface area contributed by atoms with Gasteiger partial charge in [0, 0.05) is 31.5 Å². The smallest absolute Gasteiger partial charge is 0.0554 e. The predicted octanol–water partition coefficient (Wildman–Crippen LogP) is 16.0. The minimum absolute atomic E-state index is 1.12. The van der Waals surface area contributed by atoms with Gasteiger partial charge in [0.15, 0.2) is 0 Å². The van der Waals surface area contributed by atoms with Gasteiger partial charge in [-0.1, -0.05) is 158 Å². The molecule has 0 radical (unpaired) electrons. The first-order valence-electron chi connectivity index (χ1n) is 19.2. The van der Waals surface area contributed by atoms with Crippen LogP contribution in [0.4, 0.5) is 17.1 Å². The number of hydrogen-bond acceptors (Lipinski definition) is 2. The molecule has 11 aromatic rings. The Hall–Kier alpha value is -7.00. The van der Waals surface area contributed by atoms with Gasteiger partial charge in [0.05, 0.1) is 5.69 Å². The molecule has 0 unspecified atom stereocenters. The summed E-state index contributed by atoms with van der Waals surface area (Å²) in [7, 11) is 0. The summed E-state index contributed by atoms with van der Waals surface area (Å²) in [5, 5.41) is 10.2. The Morgan fingerprint density at radius 1 is 0.304 bits per heavy atom. The van der Waals surface area contributed by atoms with E-state index in [2.05, 4.69) is 217 Å². The number of fused-ring (bicyclic) bond motifs is 7. The van der Waals surface area contributed by atoms with Crippen molar-refractivity contribution in [3.63, 3.8) is 0 Å². The first-order valence-corrected chi connectivity index (χ1v) is 20.0. The maximum absolute atomic E-state index is 2.43. The van der Waals surface area contributed by atoms with E-state index in [1.807, 2.05) is 11.3 Å². The molecule has 0 saturated carbocycles. The van der Waals surface area contributed by atoms with Crippen molar-refractivity contribution in [2.45, 2.75) is 0 Å². The first kappa shape index (κ1) is 32.4. The largest absolute Gasteiger partial charge is 0.310 e. The van der Waals surface area contributed by atoms with Crippen LogP contribution in [0.15, 0.2) is 212 Å². The third-order valence-corrected chi connectivity index (χ3v) is 12.4. The topological polar surface area (TPSA) is 3.24 Å². The van der Waals surface area contributed by atoms with E-state index in [9.17, 15) is 0 Å². The highest BCUT2D eigenvalue weighted by molar-refractivity contribution is 7.26. The van der Waals surface area contributed by atoms with Gasteiger partial charge in [-0.2, -0.15) is 0 Å². The van der Waals surface area contributed by atoms with Crippen LogP contribution in [0.5, 0.6) is 0 Å². The summed E-state index contributed by atoms with van der Waals surface area (Å²) in [6.45, 7) is 0. The number of hydrogen-bond donors (Lipinski definition) is 0. The highest BCUT2D eigenvalue weighted by Crippen LogP contribution is 2.46. The quantitative estimate of drug-likeness (QED) is 0.154. The fraction of sp³-hybridized carbons (Fsp3) is 0. The summed E-state index contributed by atoms with van der Waals surface area (Å²) in [4.78, 5) is 2.43. The predicted molar refractivity (Wildman–Crippen MR) is 243 cm³/mol. The Bertz CT molecular complexity index is 3230. The van der Waals surface area contributed by atoms with Crippen LogP contribution < -0.4 is 4.90 Å². The minimum Gasteiger partial charge on any atom is -0.310 e. The zero-order valence-corrected chi connectivity index (χ0v) is 31.4. The third-order valence-electron chi connectivity index (χ3n) is 11.3. The number of nitrogens with zero attached hydrogens (tertiary/aromatic N) is 1. The SMILES string of the molecule is c1ccc(-c2cccc3cc(-c4ccc(N(c5ccc(-c6cc7ccccc7c7ccccc67)cc5)c5cccc6sc7ccccc7c56)cc4)ccc23)cc1. The second-order valence-corrected chi connectivity index (χ2v) is 15.6. The van der Waals surface area contributed by atoms with Crippen LogP contribution in [0.2, 0.25) is 0 Å². The lowest BCUT2D eigenvalue weighted by Gasteiger charge is -2.27. The van der Waals surface area contributed by atoms with Crippen LogP contribution in [-0.4, -0.2) is 0 Å². The summed E-state index contributed by atoms with van der Waals surface area (Å²) in [6.07, 6.45) is 0. The van der Waals surface area contributed by atoms with E-state index < -0.39 is 0 Å². The van der Waals surface area contributed by atoms with E-state index in [-0.39, 0.29) is 0 Å². The lowest BCUT2D eigenvalue weighted by atomic mass is 9.93. The molecule has 0 aliphatic carbocycles. The zero-order valence-electron chi connectivity index (χ0n) is 30.6. The van der Waals surface area contributed by atoms with Gasteiger partial charge >= 0.3 is 0 Å². The van der Waals surface area contributed by atoms with Crippen molar-refractivity contribution < 1.29 is 0 Å². The molecular weight excluding hydrogens is 695 g/mol. The average molecular weight is 730 g/mol. The molecule has 56 heavy (non-hydrogen) atoms. The molecule has 0 aliphatic heterocycles. The fourth-order valence-electron chi connectivity index (χ4n) is 8.59. The Kier molecular flexibility index (Phi) is 7.75. The minimum atomic E-state index is 1.12. The van der Waals surface area contributed by atoms with Crippen LogP contribution in [0.3, 0.4) is 0 Å². The van der Waals surface area contributed by atoms with E-state index in [1.54, 1.807) is 0 Å². The number of rotatable bonds is 6. The molecule has 0 spiro atoms. The summed E-state index contributed by atoms with van der Waals surface area (Å²) < 4.78 is 2.59. The third kappa shape index (κ3) is 5.46. The van der Waals surface area contributed by atoms with Crippen LogP contribution in [-0.2, 0) is 0 Å². The Labute approximate surface area is 330 Å². The Morgan fingerprint density at radius 2 is 0.875 bits per heavy atom. The van der Waals surface area contributed by atoms with E-state index in [1.165, 1.54) is 91.6 Å². The molecule has 0 bridgehead atoms. The van der Waals surface area contributed by atoms with Crippen molar-refractivity contribution in [3.05, 3.63) is 212 Å². The van der Waals surface area contributed by atoms with Crippen LogP contribution >= 0.6 is 11.3 Å². The molecule has 0 N–H and O–H groups in total. The molecule has 0 atom stereocenters. The van der Waals surface area contributed by atoms with Crippen LogP contribution in [0.1, 0.15) is 0 Å². The molecule has 11 rings (SSSR count). The Morgan fingerprint density at radius 3 is 1.68 bits per heavy atom. The van der Waals surface area contributed by atoms with Crippen LogP contribution in [0.25, 0.3) is 85.9 Å². The summed E-state index contributed by atoms with van der Waals surface area (Å²) in [5.74, 6) is 0. The molecular formula is C54H35NS. The molecule has 1 aromatic heterocycles. The standard InChI is InChI=1S/C54H35NS/c1-2-12-37(13-3-1)44-20-10-15-40-34-39(28-33-46(40)44)36-24-29-42(30-25-36)55(51-21-11-23-53-54(51)49-19-8-9-22-52(49)56-53)43-31-26-38(27-32-43)50-35-41-14-4-5-16-45(41)47-17-6-7-18-48(47)50/h1-35H. The van der Waals surface area contributed by atoms with Gasteiger partial charge in [-0.15, -0.1) is 11.3 Å². The van der Waals surface area contributed by atoms with Crippen molar-refractivity contribution in [1.82, 2.24) is 0 Å². The molecule has 0 fully saturated rings. The maximum atomic E-state index is 2.43. The highest BCUT2D eigenvalue weighted by atomic mass is 32.1. The van der Waals surface area contributed by atoms with Gasteiger partial charge < -0.3 is 4.90 Å². The van der Waals surface area contributed by atoms with E-state index in [4.69, 9.17) is 0 Å². The van der Waals surface area contributed by atoms with Crippen molar-refractivity contribution in [2.75, 3.05) is 4.90 Å². The average Bonchev–Trinajstić information content (AvgIpc) is 3.66. The summed E-state index contributed by atoms with van der Waals surface area (Å²) >= 11 is 1.86.